The van der Waals surface area contributed by atoms with Gasteiger partial charge < -0.3 is 4.74 Å². The van der Waals surface area contributed by atoms with Gasteiger partial charge in [-0.15, -0.1) is 0 Å². The van der Waals surface area contributed by atoms with Crippen molar-refractivity contribution in [2.45, 2.75) is 20.8 Å². The monoisotopic (exact) mass is 242 g/mol. The molecule has 1 aromatic rings. The van der Waals surface area contributed by atoms with Crippen molar-refractivity contribution in [1.29, 1.82) is 0 Å². The molecule has 1 aromatic carbocycles. The smallest absolute Gasteiger partial charge is 0.155 e. The van der Waals surface area contributed by atoms with E-state index in [1.807, 2.05) is 31.2 Å². The number of rotatable bonds is 5. The van der Waals surface area contributed by atoms with Crippen LogP contribution in [0.5, 0.6) is 5.75 Å². The molecule has 0 heterocycles. The summed E-state index contributed by atoms with van der Waals surface area (Å²) < 4.78 is 5.69. The molecule has 2 nitrogen and oxygen atoms in total. The van der Waals surface area contributed by atoms with Gasteiger partial charge in [0.25, 0.3) is 0 Å². The molecule has 0 spiro atoms. The molecule has 0 fully saturated rings. The fourth-order valence-electron chi connectivity index (χ4n) is 1.29. The van der Waals surface area contributed by atoms with Crippen LogP contribution >= 0.6 is 0 Å². The second kappa shape index (κ2) is 6.60. The van der Waals surface area contributed by atoms with Crippen LogP contribution < -0.4 is 4.74 Å². The number of carbonyl (C=O) groups excluding carboxylic acids is 1. The van der Waals surface area contributed by atoms with Crippen LogP contribution in [0.4, 0.5) is 0 Å². The van der Waals surface area contributed by atoms with E-state index in [-0.39, 0.29) is 5.78 Å². The molecular weight excluding hydrogens is 224 g/mol. The first-order valence-corrected chi connectivity index (χ1v) is 5.79. The molecule has 0 aliphatic heterocycles. The minimum Gasteiger partial charge on any atom is -0.457 e. The van der Waals surface area contributed by atoms with Gasteiger partial charge in [-0.2, -0.15) is 0 Å². The van der Waals surface area contributed by atoms with Crippen LogP contribution in [0, 0.1) is 6.92 Å². The highest BCUT2D eigenvalue weighted by Gasteiger charge is 2.01. The van der Waals surface area contributed by atoms with Gasteiger partial charge >= 0.3 is 0 Å². The Kier molecular flexibility index (Phi) is 5.12. The van der Waals surface area contributed by atoms with E-state index in [1.54, 1.807) is 25.2 Å². The Morgan fingerprint density at radius 2 is 1.83 bits per heavy atom. The van der Waals surface area contributed by atoms with Gasteiger partial charge in [0.1, 0.15) is 11.5 Å². The Bertz CT molecular complexity index is 490. The predicted octanol–water partition coefficient (Wildman–Crippen LogP) is 3.98. The lowest BCUT2D eigenvalue weighted by atomic mass is 10.2. The SMILES string of the molecule is C=C/C=C(\C=C(/C)C(C)=O)Oc1ccc(C)cc1. The summed E-state index contributed by atoms with van der Waals surface area (Å²) in [6.45, 7) is 8.95. The maximum absolute atomic E-state index is 11.2. The number of hydrogen-bond donors (Lipinski definition) is 0. The predicted molar refractivity (Wildman–Crippen MR) is 74.5 cm³/mol. The number of allylic oxidation sites excluding steroid dienone is 4. The van der Waals surface area contributed by atoms with Gasteiger partial charge in [-0.05, 0) is 50.6 Å². The summed E-state index contributed by atoms with van der Waals surface area (Å²) in [6, 6.07) is 7.73. The van der Waals surface area contributed by atoms with E-state index in [2.05, 4.69) is 6.58 Å². The fourth-order valence-corrected chi connectivity index (χ4v) is 1.29. The van der Waals surface area contributed by atoms with Crippen molar-refractivity contribution < 1.29 is 9.53 Å². The lowest BCUT2D eigenvalue weighted by Crippen LogP contribution is -1.97. The van der Waals surface area contributed by atoms with Gasteiger partial charge in [0.15, 0.2) is 5.78 Å². The second-order valence-electron chi connectivity index (χ2n) is 4.10. The summed E-state index contributed by atoms with van der Waals surface area (Å²) >= 11 is 0. The number of ketones is 1. The molecule has 0 saturated carbocycles. The first-order valence-electron chi connectivity index (χ1n) is 5.79. The van der Waals surface area contributed by atoms with Crippen LogP contribution in [-0.2, 0) is 4.79 Å². The van der Waals surface area contributed by atoms with Gasteiger partial charge in [0.2, 0.25) is 0 Å². The molecule has 0 bridgehead atoms. The summed E-state index contributed by atoms with van der Waals surface area (Å²) in [6.07, 6.45) is 5.07. The van der Waals surface area contributed by atoms with E-state index in [0.29, 0.717) is 11.3 Å². The Morgan fingerprint density at radius 1 is 1.22 bits per heavy atom. The van der Waals surface area contributed by atoms with E-state index in [1.165, 1.54) is 12.5 Å². The zero-order chi connectivity index (χ0) is 13.5. The normalized spacial score (nSPS) is 12.2. The molecule has 1 rings (SSSR count). The molecule has 0 aliphatic rings. The standard InChI is InChI=1S/C16H18O2/c1-5-6-16(11-13(3)14(4)17)18-15-9-7-12(2)8-10-15/h5-11H,1H2,2-4H3/b13-11+,16-6+. The Labute approximate surface area is 108 Å². The zero-order valence-electron chi connectivity index (χ0n) is 11.1. The molecule has 0 aliphatic carbocycles. The van der Waals surface area contributed by atoms with E-state index < -0.39 is 0 Å². The summed E-state index contributed by atoms with van der Waals surface area (Å²) in [7, 11) is 0. The molecule has 0 atom stereocenters. The van der Waals surface area contributed by atoms with Crippen molar-refractivity contribution in [2.24, 2.45) is 0 Å². The highest BCUT2D eigenvalue weighted by atomic mass is 16.5. The fraction of sp³-hybridized carbons (Fsp3) is 0.188. The van der Waals surface area contributed by atoms with E-state index in [4.69, 9.17) is 4.74 Å². The van der Waals surface area contributed by atoms with Gasteiger partial charge in [0, 0.05) is 0 Å². The van der Waals surface area contributed by atoms with Gasteiger partial charge in [0.05, 0.1) is 0 Å². The molecular formula is C16H18O2. The Morgan fingerprint density at radius 3 is 2.33 bits per heavy atom. The average molecular weight is 242 g/mol. The molecule has 0 unspecified atom stereocenters. The lowest BCUT2D eigenvalue weighted by Gasteiger charge is -2.07. The van der Waals surface area contributed by atoms with Crippen LogP contribution in [0.25, 0.3) is 0 Å². The van der Waals surface area contributed by atoms with Crippen LogP contribution in [0.3, 0.4) is 0 Å². The third kappa shape index (κ3) is 4.42. The molecule has 94 valence electrons. The van der Waals surface area contributed by atoms with E-state index in [9.17, 15) is 4.79 Å². The number of hydrogen-bond acceptors (Lipinski definition) is 2. The van der Waals surface area contributed by atoms with Crippen molar-refractivity contribution in [3.05, 3.63) is 66.0 Å². The maximum atomic E-state index is 11.2. The van der Waals surface area contributed by atoms with Gasteiger partial charge in [-0.3, -0.25) is 4.79 Å². The average Bonchev–Trinajstić information content (AvgIpc) is 2.32. The molecule has 0 aromatic heterocycles. The van der Waals surface area contributed by atoms with Crippen LogP contribution in [0.1, 0.15) is 19.4 Å². The van der Waals surface area contributed by atoms with E-state index in [0.717, 1.165) is 5.75 Å². The zero-order valence-corrected chi connectivity index (χ0v) is 11.1. The molecule has 0 saturated heterocycles. The third-order valence-corrected chi connectivity index (χ3v) is 2.45. The van der Waals surface area contributed by atoms with Crippen molar-refractivity contribution >= 4 is 5.78 Å². The first kappa shape index (κ1) is 14.0. The topological polar surface area (TPSA) is 26.3 Å². The minimum atomic E-state index is 0.0254. The molecule has 0 radical (unpaired) electrons. The highest BCUT2D eigenvalue weighted by Crippen LogP contribution is 2.16. The lowest BCUT2D eigenvalue weighted by molar-refractivity contribution is -0.113. The Balaban J connectivity index is 2.91. The summed E-state index contributed by atoms with van der Waals surface area (Å²) in [5, 5.41) is 0. The second-order valence-corrected chi connectivity index (χ2v) is 4.10. The summed E-state index contributed by atoms with van der Waals surface area (Å²) in [4.78, 5) is 11.2. The summed E-state index contributed by atoms with van der Waals surface area (Å²) in [5.41, 5.74) is 1.82. The molecule has 18 heavy (non-hydrogen) atoms. The first-order chi connectivity index (χ1) is 8.52. The van der Waals surface area contributed by atoms with Crippen LogP contribution in [0.2, 0.25) is 0 Å². The minimum absolute atomic E-state index is 0.0254. The number of ether oxygens (including phenoxy) is 1. The van der Waals surface area contributed by atoms with Crippen molar-refractivity contribution in [2.75, 3.05) is 0 Å². The highest BCUT2D eigenvalue weighted by molar-refractivity contribution is 5.93. The van der Waals surface area contributed by atoms with E-state index >= 15 is 0 Å². The maximum Gasteiger partial charge on any atom is 0.155 e. The third-order valence-electron chi connectivity index (χ3n) is 2.45. The van der Waals surface area contributed by atoms with Crippen molar-refractivity contribution in [1.82, 2.24) is 0 Å². The Hall–Kier alpha value is -2.09. The number of benzene rings is 1. The molecule has 0 N–H and O–H groups in total. The number of aryl methyl sites for hydroxylation is 1. The molecule has 0 amide bonds. The van der Waals surface area contributed by atoms with Crippen molar-refractivity contribution in [3.63, 3.8) is 0 Å². The molecule has 2 heteroatoms. The number of carbonyl (C=O) groups is 1. The van der Waals surface area contributed by atoms with Crippen molar-refractivity contribution in [3.8, 4) is 5.75 Å². The number of Topliss-reactive ketones (excluding diaryl/α,β-unsaturated/α-hetero) is 1. The van der Waals surface area contributed by atoms with Crippen LogP contribution in [0.15, 0.2) is 60.4 Å². The summed E-state index contributed by atoms with van der Waals surface area (Å²) in [5.74, 6) is 1.36. The van der Waals surface area contributed by atoms with Gasteiger partial charge in [-0.1, -0.05) is 30.4 Å². The van der Waals surface area contributed by atoms with Crippen LogP contribution in [-0.4, -0.2) is 5.78 Å². The largest absolute Gasteiger partial charge is 0.457 e. The van der Waals surface area contributed by atoms with Gasteiger partial charge in [-0.25, -0.2) is 0 Å². The quantitative estimate of drug-likeness (QED) is 0.443.